The van der Waals surface area contributed by atoms with Gasteiger partial charge < -0.3 is 5.32 Å². The van der Waals surface area contributed by atoms with E-state index in [2.05, 4.69) is 43.3 Å². The van der Waals surface area contributed by atoms with Gasteiger partial charge in [0.25, 0.3) is 0 Å². The standard InChI is InChI=1S/C16H13BrClN3/c1-10-6-8-20-16(18)14(10)21-9-11-4-5-13(17)12-3-2-7-19-15(11)12/h2-8,21H,9H2,1H3. The maximum atomic E-state index is 6.14. The van der Waals surface area contributed by atoms with Crippen LogP contribution in [-0.4, -0.2) is 9.97 Å². The summed E-state index contributed by atoms with van der Waals surface area (Å²) in [6, 6.07) is 10.0. The van der Waals surface area contributed by atoms with Crippen LogP contribution >= 0.6 is 27.5 Å². The molecule has 0 amide bonds. The van der Waals surface area contributed by atoms with E-state index >= 15 is 0 Å². The molecule has 0 fully saturated rings. The number of halogens is 2. The zero-order valence-corrected chi connectivity index (χ0v) is 13.7. The zero-order chi connectivity index (χ0) is 14.8. The van der Waals surface area contributed by atoms with Gasteiger partial charge in [-0.15, -0.1) is 0 Å². The van der Waals surface area contributed by atoms with Gasteiger partial charge in [-0.1, -0.05) is 39.7 Å². The van der Waals surface area contributed by atoms with E-state index in [1.807, 2.05) is 25.1 Å². The van der Waals surface area contributed by atoms with Gasteiger partial charge in [0.15, 0.2) is 5.15 Å². The fraction of sp³-hybridized carbons (Fsp3) is 0.125. The predicted octanol–water partition coefficient (Wildman–Crippen LogP) is 4.97. The molecule has 3 nitrogen and oxygen atoms in total. The van der Waals surface area contributed by atoms with Gasteiger partial charge in [-0.25, -0.2) is 4.98 Å². The van der Waals surface area contributed by atoms with E-state index in [0.29, 0.717) is 11.7 Å². The van der Waals surface area contributed by atoms with Crippen molar-refractivity contribution in [2.75, 3.05) is 5.32 Å². The Labute approximate surface area is 136 Å². The largest absolute Gasteiger partial charge is 0.378 e. The van der Waals surface area contributed by atoms with Crippen molar-refractivity contribution in [2.24, 2.45) is 0 Å². The minimum atomic E-state index is 0.490. The van der Waals surface area contributed by atoms with Crippen LogP contribution in [0, 0.1) is 6.92 Å². The van der Waals surface area contributed by atoms with Crippen molar-refractivity contribution in [1.82, 2.24) is 9.97 Å². The first-order chi connectivity index (χ1) is 10.2. The Morgan fingerprint density at radius 3 is 2.81 bits per heavy atom. The lowest BCUT2D eigenvalue weighted by molar-refractivity contribution is 1.13. The summed E-state index contributed by atoms with van der Waals surface area (Å²) in [6.45, 7) is 2.65. The maximum Gasteiger partial charge on any atom is 0.152 e. The summed E-state index contributed by atoms with van der Waals surface area (Å²) in [4.78, 5) is 8.59. The lowest BCUT2D eigenvalue weighted by Gasteiger charge is -2.12. The molecule has 2 heterocycles. The van der Waals surface area contributed by atoms with Gasteiger partial charge in [0.05, 0.1) is 11.2 Å². The van der Waals surface area contributed by atoms with E-state index < -0.39 is 0 Å². The Morgan fingerprint density at radius 1 is 1.14 bits per heavy atom. The summed E-state index contributed by atoms with van der Waals surface area (Å²) in [5, 5.41) is 4.95. The number of benzene rings is 1. The summed E-state index contributed by atoms with van der Waals surface area (Å²) >= 11 is 9.70. The molecular formula is C16H13BrClN3. The minimum Gasteiger partial charge on any atom is -0.378 e. The molecule has 3 rings (SSSR count). The number of hydrogen-bond acceptors (Lipinski definition) is 3. The Balaban J connectivity index is 1.94. The molecule has 0 aliphatic carbocycles. The normalized spacial score (nSPS) is 10.8. The number of hydrogen-bond donors (Lipinski definition) is 1. The second kappa shape index (κ2) is 6.00. The van der Waals surface area contributed by atoms with E-state index in [1.165, 1.54) is 0 Å². The van der Waals surface area contributed by atoms with Crippen molar-refractivity contribution in [1.29, 1.82) is 0 Å². The predicted molar refractivity (Wildman–Crippen MR) is 90.8 cm³/mol. The van der Waals surface area contributed by atoms with Crippen LogP contribution < -0.4 is 5.32 Å². The van der Waals surface area contributed by atoms with E-state index in [4.69, 9.17) is 11.6 Å². The molecule has 21 heavy (non-hydrogen) atoms. The van der Waals surface area contributed by atoms with Gasteiger partial charge in [-0.3, -0.25) is 4.98 Å². The summed E-state index contributed by atoms with van der Waals surface area (Å²) in [7, 11) is 0. The number of rotatable bonds is 3. The molecule has 3 aromatic rings. The number of fused-ring (bicyclic) bond motifs is 1. The third kappa shape index (κ3) is 2.87. The molecule has 0 unspecified atom stereocenters. The second-order valence-electron chi connectivity index (χ2n) is 4.75. The monoisotopic (exact) mass is 361 g/mol. The molecule has 0 saturated carbocycles. The molecule has 0 spiro atoms. The zero-order valence-electron chi connectivity index (χ0n) is 11.4. The highest BCUT2D eigenvalue weighted by Crippen LogP contribution is 2.27. The van der Waals surface area contributed by atoms with E-state index in [-0.39, 0.29) is 0 Å². The van der Waals surface area contributed by atoms with Crippen molar-refractivity contribution >= 4 is 44.1 Å². The molecule has 0 aliphatic rings. The molecule has 0 aliphatic heterocycles. The van der Waals surface area contributed by atoms with Crippen molar-refractivity contribution in [3.63, 3.8) is 0 Å². The van der Waals surface area contributed by atoms with Crippen LogP contribution in [0.2, 0.25) is 5.15 Å². The van der Waals surface area contributed by atoms with Crippen LogP contribution in [0.1, 0.15) is 11.1 Å². The number of aromatic nitrogens is 2. The van der Waals surface area contributed by atoms with E-state index in [0.717, 1.165) is 32.2 Å². The van der Waals surface area contributed by atoms with Crippen molar-refractivity contribution in [3.05, 3.63) is 63.5 Å². The van der Waals surface area contributed by atoms with Gasteiger partial charge in [0.1, 0.15) is 0 Å². The second-order valence-corrected chi connectivity index (χ2v) is 5.97. The third-order valence-corrected chi connectivity index (χ3v) is 4.35. The Bertz CT molecular complexity index is 784. The average Bonchev–Trinajstić information content (AvgIpc) is 2.49. The number of pyridine rings is 2. The van der Waals surface area contributed by atoms with Crippen LogP contribution in [0.3, 0.4) is 0 Å². The summed E-state index contributed by atoms with van der Waals surface area (Å²) < 4.78 is 1.05. The van der Waals surface area contributed by atoms with Crippen molar-refractivity contribution in [3.8, 4) is 0 Å². The number of aryl methyl sites for hydroxylation is 1. The van der Waals surface area contributed by atoms with Crippen LogP contribution in [0.4, 0.5) is 5.69 Å². The fourth-order valence-electron chi connectivity index (χ4n) is 2.26. The van der Waals surface area contributed by atoms with Gasteiger partial charge >= 0.3 is 0 Å². The quantitative estimate of drug-likeness (QED) is 0.669. The van der Waals surface area contributed by atoms with Crippen molar-refractivity contribution in [2.45, 2.75) is 13.5 Å². The SMILES string of the molecule is Cc1ccnc(Cl)c1NCc1ccc(Br)c2cccnc12. The number of anilines is 1. The van der Waals surface area contributed by atoms with Crippen LogP contribution in [0.15, 0.2) is 47.2 Å². The first kappa shape index (κ1) is 14.3. The minimum absolute atomic E-state index is 0.490. The Morgan fingerprint density at radius 2 is 2.00 bits per heavy atom. The molecule has 0 bridgehead atoms. The molecule has 0 radical (unpaired) electrons. The molecular weight excluding hydrogens is 350 g/mol. The topological polar surface area (TPSA) is 37.8 Å². The first-order valence-corrected chi connectivity index (χ1v) is 7.71. The van der Waals surface area contributed by atoms with Crippen LogP contribution in [0.5, 0.6) is 0 Å². The Hall–Kier alpha value is -1.65. The molecule has 5 heteroatoms. The highest BCUT2D eigenvalue weighted by molar-refractivity contribution is 9.10. The lowest BCUT2D eigenvalue weighted by Crippen LogP contribution is -2.03. The lowest BCUT2D eigenvalue weighted by atomic mass is 10.1. The van der Waals surface area contributed by atoms with Crippen LogP contribution in [-0.2, 0) is 6.54 Å². The fourth-order valence-corrected chi connectivity index (χ4v) is 2.98. The average molecular weight is 363 g/mol. The van der Waals surface area contributed by atoms with E-state index in [9.17, 15) is 0 Å². The van der Waals surface area contributed by atoms with Crippen LogP contribution in [0.25, 0.3) is 10.9 Å². The molecule has 0 atom stereocenters. The maximum absolute atomic E-state index is 6.14. The summed E-state index contributed by atoms with van der Waals surface area (Å²) in [5.41, 5.74) is 4.04. The van der Waals surface area contributed by atoms with Gasteiger partial charge in [-0.05, 0) is 36.2 Å². The molecule has 0 saturated heterocycles. The highest BCUT2D eigenvalue weighted by atomic mass is 79.9. The smallest absolute Gasteiger partial charge is 0.152 e. The first-order valence-electron chi connectivity index (χ1n) is 6.54. The van der Waals surface area contributed by atoms with Gasteiger partial charge in [0, 0.05) is 28.8 Å². The highest BCUT2D eigenvalue weighted by Gasteiger charge is 2.08. The Kier molecular flexibility index (Phi) is 4.08. The van der Waals surface area contributed by atoms with Gasteiger partial charge in [0.2, 0.25) is 0 Å². The molecule has 1 aromatic carbocycles. The summed E-state index contributed by atoms with van der Waals surface area (Å²) in [5.74, 6) is 0. The number of nitrogens with one attached hydrogen (secondary N) is 1. The van der Waals surface area contributed by atoms with Crippen molar-refractivity contribution < 1.29 is 0 Å². The molecule has 2 aromatic heterocycles. The number of nitrogens with zero attached hydrogens (tertiary/aromatic N) is 2. The third-order valence-electron chi connectivity index (χ3n) is 3.37. The molecule has 1 N–H and O–H groups in total. The van der Waals surface area contributed by atoms with Gasteiger partial charge in [-0.2, -0.15) is 0 Å². The molecule has 106 valence electrons. The summed E-state index contributed by atoms with van der Waals surface area (Å²) in [6.07, 6.45) is 3.51. The van der Waals surface area contributed by atoms with E-state index in [1.54, 1.807) is 12.4 Å².